The summed E-state index contributed by atoms with van der Waals surface area (Å²) in [7, 11) is -2.19. The first-order chi connectivity index (χ1) is 13.9. The molecule has 2 heterocycles. The maximum atomic E-state index is 13.0. The fraction of sp³-hybridized carbons (Fsp3) is 0.278. The molecule has 2 aliphatic heterocycles. The van der Waals surface area contributed by atoms with Crippen LogP contribution in [0.25, 0.3) is 22.5 Å². The summed E-state index contributed by atoms with van der Waals surface area (Å²) in [4.78, 5) is 3.32. The number of ether oxygens (including phenoxy) is 1. The lowest BCUT2D eigenvalue weighted by Gasteiger charge is -2.23. The Morgan fingerprint density at radius 1 is 1.03 bits per heavy atom. The van der Waals surface area contributed by atoms with Gasteiger partial charge in [-0.3, -0.25) is 4.21 Å². The number of aryl methyl sites for hydroxylation is 1. The van der Waals surface area contributed by atoms with E-state index < -0.39 is 33.3 Å². The smallest absolute Gasteiger partial charge is 0.412 e. The Balaban J connectivity index is 2.20. The van der Waals surface area contributed by atoms with Crippen LogP contribution in [0, 0.1) is 6.92 Å². The molecule has 0 aliphatic carbocycles. The molecule has 1 unspecified atom stereocenters. The van der Waals surface area contributed by atoms with E-state index in [0.29, 0.717) is 16.8 Å². The van der Waals surface area contributed by atoms with Crippen LogP contribution in [0.1, 0.15) is 5.69 Å². The van der Waals surface area contributed by atoms with Crippen molar-refractivity contribution in [1.29, 1.82) is 0 Å². The van der Waals surface area contributed by atoms with Crippen molar-refractivity contribution >= 4 is 10.8 Å². The van der Waals surface area contributed by atoms with Gasteiger partial charge in [0.2, 0.25) is 5.25 Å². The number of halogens is 6. The highest BCUT2D eigenvalue weighted by atomic mass is 32.2. The molecule has 0 aromatic heterocycles. The molecular formula is C18H14F6N2O3S. The third-order valence-corrected chi connectivity index (χ3v) is 6.04. The predicted octanol–water partition coefficient (Wildman–Crippen LogP) is 4.81. The van der Waals surface area contributed by atoms with Gasteiger partial charge in [0.25, 0.3) is 0 Å². The summed E-state index contributed by atoms with van der Waals surface area (Å²) < 4.78 is 96.4. The van der Waals surface area contributed by atoms with E-state index in [9.17, 15) is 35.8 Å². The van der Waals surface area contributed by atoms with Crippen LogP contribution in [-0.2, 0) is 10.8 Å². The van der Waals surface area contributed by atoms with Crippen molar-refractivity contribution in [3.8, 4) is 28.3 Å². The zero-order chi connectivity index (χ0) is 22.4. The molecule has 0 bridgehead atoms. The SMILES string of the molecule is COc1ccc(S(=O)C(C(F)(F)F)C(F)(F)F)cc1-c1cc(C)n(O)c2nccc1-2. The largest absolute Gasteiger partial charge is 0.496 e. The third-order valence-electron chi connectivity index (χ3n) is 4.36. The lowest BCUT2D eigenvalue weighted by molar-refractivity contribution is -0.225. The topological polar surface area (TPSA) is 64.3 Å². The summed E-state index contributed by atoms with van der Waals surface area (Å²) in [5.74, 6) is 0.256. The van der Waals surface area contributed by atoms with E-state index >= 15 is 0 Å². The average molecular weight is 452 g/mol. The molecule has 30 heavy (non-hydrogen) atoms. The van der Waals surface area contributed by atoms with Crippen molar-refractivity contribution in [3.63, 3.8) is 0 Å². The molecule has 12 heteroatoms. The standard InChI is InChI=1S/C18H14F6N2O3S/c1-9-7-12(11-5-6-25-15(11)26(9)27)13-8-10(3-4-14(13)29-2)30(28)16(17(19,20)21)18(22,23)24/h3-8,16,27H,1-2H3. The molecule has 0 spiro atoms. The maximum absolute atomic E-state index is 13.0. The molecule has 162 valence electrons. The predicted molar refractivity (Wildman–Crippen MR) is 95.1 cm³/mol. The minimum atomic E-state index is -5.75. The summed E-state index contributed by atoms with van der Waals surface area (Å²) in [5.41, 5.74) is 1.10. The van der Waals surface area contributed by atoms with E-state index in [0.717, 1.165) is 22.9 Å². The van der Waals surface area contributed by atoms with E-state index in [1.165, 1.54) is 32.4 Å². The second kappa shape index (κ2) is 7.49. The van der Waals surface area contributed by atoms with Gasteiger partial charge < -0.3 is 9.94 Å². The lowest BCUT2D eigenvalue weighted by Crippen LogP contribution is -2.45. The molecule has 0 amide bonds. The number of benzene rings is 1. The van der Waals surface area contributed by atoms with Gasteiger partial charge in [-0.05, 0) is 42.8 Å². The van der Waals surface area contributed by atoms with Gasteiger partial charge in [0.15, 0.2) is 5.82 Å². The molecule has 1 N–H and O–H groups in total. The first-order valence-electron chi connectivity index (χ1n) is 8.25. The van der Waals surface area contributed by atoms with E-state index in [1.54, 1.807) is 0 Å². The fourth-order valence-corrected chi connectivity index (χ4v) is 4.22. The molecule has 1 aromatic carbocycles. The summed E-state index contributed by atoms with van der Waals surface area (Å²) >= 11 is 0. The molecule has 0 fully saturated rings. The molecule has 0 saturated carbocycles. The van der Waals surface area contributed by atoms with E-state index in [2.05, 4.69) is 4.98 Å². The van der Waals surface area contributed by atoms with Crippen LogP contribution in [0.3, 0.4) is 0 Å². The Labute approximate surface area is 168 Å². The van der Waals surface area contributed by atoms with Gasteiger partial charge in [0.05, 0.1) is 23.6 Å². The van der Waals surface area contributed by atoms with Crippen molar-refractivity contribution in [3.05, 3.63) is 42.2 Å². The Morgan fingerprint density at radius 3 is 2.23 bits per heavy atom. The fourth-order valence-electron chi connectivity index (χ4n) is 3.03. The quantitative estimate of drug-likeness (QED) is 0.456. The second-order valence-corrected chi connectivity index (χ2v) is 7.85. The molecule has 0 saturated heterocycles. The lowest BCUT2D eigenvalue weighted by atomic mass is 9.99. The molecule has 3 rings (SSSR count). The summed E-state index contributed by atoms with van der Waals surface area (Å²) in [5, 5.41) is 6.03. The Kier molecular flexibility index (Phi) is 5.48. The van der Waals surface area contributed by atoms with Crippen LogP contribution in [-0.4, -0.2) is 43.8 Å². The highest BCUT2D eigenvalue weighted by molar-refractivity contribution is 7.85. The second-order valence-electron chi connectivity index (χ2n) is 6.32. The Morgan fingerprint density at radius 2 is 1.67 bits per heavy atom. The minimum Gasteiger partial charge on any atom is -0.496 e. The van der Waals surface area contributed by atoms with Gasteiger partial charge in [0.1, 0.15) is 5.75 Å². The molecular weight excluding hydrogens is 438 g/mol. The number of hydrogen-bond donors (Lipinski definition) is 1. The third kappa shape index (κ3) is 3.83. The van der Waals surface area contributed by atoms with E-state index in [1.807, 2.05) is 0 Å². The normalized spacial score (nSPS) is 13.8. The number of hydrogen-bond acceptors (Lipinski definition) is 4. The number of aromatic nitrogens is 2. The van der Waals surface area contributed by atoms with Crippen LogP contribution in [0.2, 0.25) is 0 Å². The van der Waals surface area contributed by atoms with Gasteiger partial charge >= 0.3 is 12.4 Å². The number of nitrogens with zero attached hydrogens (tertiary/aromatic N) is 2. The highest BCUT2D eigenvalue weighted by Crippen LogP contribution is 2.42. The van der Waals surface area contributed by atoms with Gasteiger partial charge in [-0.15, -0.1) is 0 Å². The molecule has 5 nitrogen and oxygen atoms in total. The monoisotopic (exact) mass is 452 g/mol. The van der Waals surface area contributed by atoms with Crippen LogP contribution in [0.4, 0.5) is 26.3 Å². The highest BCUT2D eigenvalue weighted by Gasteiger charge is 2.60. The zero-order valence-electron chi connectivity index (χ0n) is 15.4. The van der Waals surface area contributed by atoms with Gasteiger partial charge in [-0.25, -0.2) is 4.98 Å². The van der Waals surface area contributed by atoms with Crippen LogP contribution in [0.5, 0.6) is 5.75 Å². The van der Waals surface area contributed by atoms with Crippen LogP contribution < -0.4 is 4.74 Å². The van der Waals surface area contributed by atoms with E-state index in [4.69, 9.17) is 4.74 Å². The van der Waals surface area contributed by atoms with Crippen molar-refractivity contribution in [1.82, 2.24) is 9.71 Å². The summed E-state index contributed by atoms with van der Waals surface area (Å²) in [6.45, 7) is 1.52. The van der Waals surface area contributed by atoms with Gasteiger partial charge in [-0.1, -0.05) is 0 Å². The molecule has 2 aliphatic rings. The van der Waals surface area contributed by atoms with Crippen molar-refractivity contribution in [2.24, 2.45) is 0 Å². The average Bonchev–Trinajstić information content (AvgIpc) is 3.11. The number of pyridine rings is 1. The Bertz CT molecular complexity index is 1060. The van der Waals surface area contributed by atoms with Crippen LogP contribution in [0.15, 0.2) is 41.4 Å². The van der Waals surface area contributed by atoms with Gasteiger partial charge in [-0.2, -0.15) is 31.1 Å². The van der Waals surface area contributed by atoms with Crippen molar-refractivity contribution < 1.29 is 40.5 Å². The number of methoxy groups -OCH3 is 1. The Hall–Kier alpha value is -2.76. The van der Waals surface area contributed by atoms with Crippen LogP contribution >= 0.6 is 0 Å². The zero-order valence-corrected chi connectivity index (χ0v) is 16.2. The number of alkyl halides is 6. The van der Waals surface area contributed by atoms with E-state index in [-0.39, 0.29) is 17.1 Å². The van der Waals surface area contributed by atoms with Gasteiger partial charge in [0, 0.05) is 22.2 Å². The first kappa shape index (κ1) is 21.9. The maximum Gasteiger partial charge on any atom is 0.412 e. The van der Waals surface area contributed by atoms with Crippen molar-refractivity contribution in [2.45, 2.75) is 29.4 Å². The first-order valence-corrected chi connectivity index (χ1v) is 9.46. The number of fused-ring (bicyclic) bond motifs is 1. The minimum absolute atomic E-state index is 0.105. The summed E-state index contributed by atoms with van der Waals surface area (Å²) in [6.07, 6.45) is -10.1. The van der Waals surface area contributed by atoms with Crippen molar-refractivity contribution in [2.75, 3.05) is 7.11 Å². The molecule has 1 aromatic rings. The summed E-state index contributed by atoms with van der Waals surface area (Å²) in [6, 6.07) is 5.96. The molecule has 0 radical (unpaired) electrons. The molecule has 1 atom stereocenters. The number of rotatable bonds is 4.